The summed E-state index contributed by atoms with van der Waals surface area (Å²) < 4.78 is 30.5. The molecule has 7 nitrogen and oxygen atoms in total. The van der Waals surface area contributed by atoms with E-state index in [1.165, 1.54) is 30.0 Å². The van der Waals surface area contributed by atoms with Gasteiger partial charge >= 0.3 is 5.97 Å². The van der Waals surface area contributed by atoms with Gasteiger partial charge < -0.3 is 24.5 Å². The lowest BCUT2D eigenvalue weighted by Crippen LogP contribution is -2.11. The first-order chi connectivity index (χ1) is 12.0. The van der Waals surface area contributed by atoms with Gasteiger partial charge in [0, 0.05) is 38.1 Å². The third-order valence-corrected chi connectivity index (χ3v) is 3.49. The minimum Gasteiger partial charge on any atom is -0.490 e. The summed E-state index contributed by atoms with van der Waals surface area (Å²) in [6.07, 6.45) is 1.99. The Morgan fingerprint density at radius 3 is 2.72 bits per heavy atom. The predicted molar refractivity (Wildman–Crippen MR) is 88.2 cm³/mol. The van der Waals surface area contributed by atoms with E-state index in [2.05, 4.69) is 4.74 Å². The number of benzene rings is 1. The molecule has 1 aromatic heterocycles. The molecule has 0 fully saturated rings. The molecule has 2 rings (SSSR count). The Bertz CT molecular complexity index is 811. The fourth-order valence-electron chi connectivity index (χ4n) is 2.26. The van der Waals surface area contributed by atoms with Crippen molar-refractivity contribution in [2.45, 2.75) is 6.42 Å². The molecule has 1 heterocycles. The minimum atomic E-state index is -0.723. The summed E-state index contributed by atoms with van der Waals surface area (Å²) in [6, 6.07) is 6.08. The first-order valence-electron chi connectivity index (χ1n) is 7.44. The summed E-state index contributed by atoms with van der Waals surface area (Å²) in [5.41, 5.74) is 6.18. The molecule has 0 aliphatic heterocycles. The summed E-state index contributed by atoms with van der Waals surface area (Å²) in [5.74, 6) is -1.24. The number of methoxy groups -OCH3 is 2. The fourth-order valence-corrected chi connectivity index (χ4v) is 2.26. The molecule has 0 spiro atoms. The lowest BCUT2D eigenvalue weighted by Gasteiger charge is -2.11. The highest BCUT2D eigenvalue weighted by Gasteiger charge is 2.22. The first-order valence-corrected chi connectivity index (χ1v) is 7.44. The normalized spacial score (nSPS) is 10.3. The molecule has 8 heteroatoms. The van der Waals surface area contributed by atoms with Gasteiger partial charge in [0.1, 0.15) is 6.07 Å². The number of nitrogens with two attached hydrogens (primary N) is 1. The number of nitrogen functional groups attached to an aromatic ring is 1. The molecule has 0 aliphatic carbocycles. The molecule has 0 radical (unpaired) electrons. The highest BCUT2D eigenvalue weighted by atomic mass is 19.1. The van der Waals surface area contributed by atoms with Crippen molar-refractivity contribution in [3.05, 3.63) is 41.5 Å². The first kappa shape index (κ1) is 18.3. The number of carbonyl (C=O) groups is 1. The summed E-state index contributed by atoms with van der Waals surface area (Å²) >= 11 is 0. The Balaban J connectivity index is 2.35. The number of nitriles is 1. The second-order valence-corrected chi connectivity index (χ2v) is 5.09. The molecule has 0 saturated heterocycles. The van der Waals surface area contributed by atoms with Gasteiger partial charge in [0.15, 0.2) is 17.3 Å². The van der Waals surface area contributed by atoms with E-state index in [-0.39, 0.29) is 22.7 Å². The number of hydrogen-bond acceptors (Lipinski definition) is 6. The van der Waals surface area contributed by atoms with Crippen LogP contribution in [0.1, 0.15) is 22.5 Å². The van der Waals surface area contributed by atoms with Crippen molar-refractivity contribution in [3.8, 4) is 17.5 Å². The SMILES string of the molecule is COCCCOc1ccc(-n2cc(C#N)c(N)c2C(=O)OC)cc1F. The van der Waals surface area contributed by atoms with Crippen LogP contribution in [0.3, 0.4) is 0 Å². The Kier molecular flexibility index (Phi) is 5.98. The van der Waals surface area contributed by atoms with Crippen molar-refractivity contribution >= 4 is 11.7 Å². The van der Waals surface area contributed by atoms with Crippen molar-refractivity contribution in [2.24, 2.45) is 0 Å². The van der Waals surface area contributed by atoms with Gasteiger partial charge in [-0.05, 0) is 12.1 Å². The Morgan fingerprint density at radius 2 is 2.12 bits per heavy atom. The van der Waals surface area contributed by atoms with Crippen LogP contribution in [0, 0.1) is 17.1 Å². The van der Waals surface area contributed by atoms with Crippen LogP contribution in [-0.4, -0.2) is 38.0 Å². The fraction of sp³-hybridized carbons (Fsp3) is 0.294. The van der Waals surface area contributed by atoms with Gasteiger partial charge in [-0.2, -0.15) is 5.26 Å². The summed E-state index contributed by atoms with van der Waals surface area (Å²) in [6.45, 7) is 0.828. The van der Waals surface area contributed by atoms with Crippen molar-refractivity contribution in [1.29, 1.82) is 5.26 Å². The predicted octanol–water partition coefficient (Wildman–Crippen LogP) is 2.27. The lowest BCUT2D eigenvalue weighted by atomic mass is 10.2. The number of halogens is 1. The largest absolute Gasteiger partial charge is 0.490 e. The van der Waals surface area contributed by atoms with Gasteiger partial charge in [-0.1, -0.05) is 0 Å². The molecule has 25 heavy (non-hydrogen) atoms. The van der Waals surface area contributed by atoms with Gasteiger partial charge in [-0.3, -0.25) is 0 Å². The molecule has 1 aromatic carbocycles. The molecule has 0 aliphatic rings. The van der Waals surface area contributed by atoms with E-state index in [0.717, 1.165) is 0 Å². The van der Waals surface area contributed by atoms with Crippen LogP contribution >= 0.6 is 0 Å². The number of rotatable bonds is 7. The second kappa shape index (κ2) is 8.17. The number of aromatic nitrogens is 1. The van der Waals surface area contributed by atoms with Crippen LogP contribution in [0.5, 0.6) is 5.75 Å². The van der Waals surface area contributed by atoms with Crippen molar-refractivity contribution in [1.82, 2.24) is 4.57 Å². The number of nitrogens with zero attached hydrogens (tertiary/aromatic N) is 2. The van der Waals surface area contributed by atoms with E-state index in [1.807, 2.05) is 6.07 Å². The molecule has 0 saturated carbocycles. The molecule has 132 valence electrons. The van der Waals surface area contributed by atoms with Gasteiger partial charge in [-0.25, -0.2) is 9.18 Å². The van der Waals surface area contributed by atoms with Crippen molar-refractivity contribution in [3.63, 3.8) is 0 Å². The summed E-state index contributed by atoms with van der Waals surface area (Å²) in [5, 5.41) is 9.10. The monoisotopic (exact) mass is 347 g/mol. The van der Waals surface area contributed by atoms with Gasteiger partial charge in [0.25, 0.3) is 0 Å². The van der Waals surface area contributed by atoms with E-state index in [9.17, 15) is 9.18 Å². The summed E-state index contributed by atoms with van der Waals surface area (Å²) in [7, 11) is 2.77. The van der Waals surface area contributed by atoms with E-state index in [1.54, 1.807) is 13.2 Å². The Labute approximate surface area is 144 Å². The standard InChI is InChI=1S/C17H18FN3O4/c1-23-6-3-7-25-14-5-4-12(8-13(14)18)21-10-11(9-19)15(20)16(21)17(22)24-2/h4-5,8,10H,3,6-7,20H2,1-2H3. The second-order valence-electron chi connectivity index (χ2n) is 5.09. The van der Waals surface area contributed by atoms with E-state index >= 15 is 0 Å². The number of anilines is 1. The molecule has 2 aromatic rings. The van der Waals surface area contributed by atoms with Crippen LogP contribution in [-0.2, 0) is 9.47 Å². The van der Waals surface area contributed by atoms with Crippen molar-refractivity contribution < 1.29 is 23.4 Å². The molecule has 2 N–H and O–H groups in total. The van der Waals surface area contributed by atoms with Crippen LogP contribution in [0.2, 0.25) is 0 Å². The number of esters is 1. The number of carbonyl (C=O) groups excluding carboxylic acids is 1. The molecular weight excluding hydrogens is 329 g/mol. The highest BCUT2D eigenvalue weighted by Crippen LogP contribution is 2.27. The molecule has 0 atom stereocenters. The third-order valence-electron chi connectivity index (χ3n) is 3.49. The van der Waals surface area contributed by atoms with Gasteiger partial charge in [0.2, 0.25) is 0 Å². The molecule has 0 bridgehead atoms. The van der Waals surface area contributed by atoms with Gasteiger partial charge in [-0.15, -0.1) is 0 Å². The quantitative estimate of drug-likeness (QED) is 0.609. The zero-order valence-electron chi connectivity index (χ0n) is 13.9. The zero-order valence-corrected chi connectivity index (χ0v) is 13.9. The number of hydrogen-bond donors (Lipinski definition) is 1. The van der Waals surface area contributed by atoms with Crippen molar-refractivity contribution in [2.75, 3.05) is 33.2 Å². The average Bonchev–Trinajstić information content (AvgIpc) is 2.95. The zero-order chi connectivity index (χ0) is 18.4. The third kappa shape index (κ3) is 3.89. The minimum absolute atomic E-state index is 0.0188. The maximum Gasteiger partial charge on any atom is 0.357 e. The number of ether oxygens (including phenoxy) is 3. The van der Waals surface area contributed by atoms with Crippen LogP contribution in [0.25, 0.3) is 5.69 Å². The van der Waals surface area contributed by atoms with E-state index in [4.69, 9.17) is 20.5 Å². The Hall–Kier alpha value is -3.05. The highest BCUT2D eigenvalue weighted by molar-refractivity contribution is 5.95. The van der Waals surface area contributed by atoms with Gasteiger partial charge in [0.05, 0.1) is 25.0 Å². The Morgan fingerprint density at radius 1 is 1.36 bits per heavy atom. The average molecular weight is 347 g/mol. The maximum atomic E-state index is 14.3. The van der Waals surface area contributed by atoms with E-state index in [0.29, 0.717) is 25.3 Å². The molecular formula is C17H18FN3O4. The van der Waals surface area contributed by atoms with Crippen LogP contribution < -0.4 is 10.5 Å². The topological polar surface area (TPSA) is 99.5 Å². The molecule has 0 amide bonds. The smallest absolute Gasteiger partial charge is 0.357 e. The van der Waals surface area contributed by atoms with Crippen LogP contribution in [0.15, 0.2) is 24.4 Å². The lowest BCUT2D eigenvalue weighted by molar-refractivity contribution is 0.0593. The van der Waals surface area contributed by atoms with Crippen LogP contribution in [0.4, 0.5) is 10.1 Å². The maximum absolute atomic E-state index is 14.3. The summed E-state index contributed by atoms with van der Waals surface area (Å²) in [4.78, 5) is 11.9. The van der Waals surface area contributed by atoms with E-state index < -0.39 is 11.8 Å². The molecule has 0 unspecified atom stereocenters.